The summed E-state index contributed by atoms with van der Waals surface area (Å²) in [7, 11) is 0. The molecule has 1 aliphatic heterocycles. The highest BCUT2D eigenvalue weighted by atomic mass is 32.2. The van der Waals surface area contributed by atoms with Crippen LogP contribution in [0.2, 0.25) is 0 Å². The van der Waals surface area contributed by atoms with Gasteiger partial charge in [-0.1, -0.05) is 29.8 Å². The zero-order valence-electron chi connectivity index (χ0n) is 16.9. The van der Waals surface area contributed by atoms with Crippen LogP contribution in [0.25, 0.3) is 0 Å². The van der Waals surface area contributed by atoms with Crippen LogP contribution in [0, 0.1) is 18.8 Å². The van der Waals surface area contributed by atoms with E-state index in [4.69, 9.17) is 9.84 Å². The molecular formula is C23H32O5S. The molecule has 1 aromatic rings. The molecule has 1 saturated heterocycles. The van der Waals surface area contributed by atoms with E-state index in [0.717, 1.165) is 43.4 Å². The number of hydrogen-bond donors (Lipinski definition) is 3. The van der Waals surface area contributed by atoms with Crippen molar-refractivity contribution in [2.75, 3.05) is 6.61 Å². The number of carbonyl (C=O) groups is 1. The van der Waals surface area contributed by atoms with Crippen molar-refractivity contribution in [3.05, 3.63) is 42.0 Å². The Bertz CT molecular complexity index is 689. The van der Waals surface area contributed by atoms with Gasteiger partial charge >= 0.3 is 5.97 Å². The second kappa shape index (κ2) is 10.5. The van der Waals surface area contributed by atoms with E-state index in [2.05, 4.69) is 0 Å². The number of carboxylic acids is 1. The molecule has 1 heterocycles. The van der Waals surface area contributed by atoms with Crippen LogP contribution in [0.15, 0.2) is 36.4 Å². The molecule has 1 aliphatic carbocycles. The molecule has 5 nitrogen and oxygen atoms in total. The summed E-state index contributed by atoms with van der Waals surface area (Å²) in [6.45, 7) is 2.21. The molecule has 6 atom stereocenters. The van der Waals surface area contributed by atoms with Gasteiger partial charge in [0.15, 0.2) is 0 Å². The lowest BCUT2D eigenvalue weighted by atomic mass is 9.88. The fraction of sp³-hybridized carbons (Fsp3) is 0.609. The largest absolute Gasteiger partial charge is 0.491 e. The maximum atomic E-state index is 10.7. The Hall–Kier alpha value is -1.50. The Morgan fingerprint density at radius 3 is 2.79 bits per heavy atom. The van der Waals surface area contributed by atoms with E-state index < -0.39 is 12.1 Å². The summed E-state index contributed by atoms with van der Waals surface area (Å²) in [6, 6.07) is 7.73. The van der Waals surface area contributed by atoms with Gasteiger partial charge in [0.2, 0.25) is 0 Å². The molecule has 29 heavy (non-hydrogen) atoms. The minimum atomic E-state index is -0.727. The zero-order chi connectivity index (χ0) is 20.8. The molecule has 0 radical (unpaired) electrons. The average molecular weight is 421 g/mol. The first kappa shape index (κ1) is 22.2. The van der Waals surface area contributed by atoms with E-state index in [1.165, 1.54) is 0 Å². The summed E-state index contributed by atoms with van der Waals surface area (Å²) >= 11 is 1.93. The third-order valence-electron chi connectivity index (χ3n) is 5.99. The predicted octanol–water partition coefficient (Wildman–Crippen LogP) is 3.81. The molecule has 0 amide bonds. The lowest BCUT2D eigenvalue weighted by molar-refractivity contribution is -0.137. The fourth-order valence-electron chi connectivity index (χ4n) is 4.42. The molecule has 1 saturated carbocycles. The third kappa shape index (κ3) is 6.49. The van der Waals surface area contributed by atoms with Crippen LogP contribution in [0.3, 0.4) is 0 Å². The summed E-state index contributed by atoms with van der Waals surface area (Å²) in [5.74, 6) is 0.505. The van der Waals surface area contributed by atoms with E-state index in [1.807, 2.05) is 49.0 Å². The Balaban J connectivity index is 1.46. The van der Waals surface area contributed by atoms with Crippen molar-refractivity contribution in [1.82, 2.24) is 0 Å². The highest BCUT2D eigenvalue weighted by Gasteiger charge is 2.44. The van der Waals surface area contributed by atoms with Crippen molar-refractivity contribution in [1.29, 1.82) is 0 Å². The summed E-state index contributed by atoms with van der Waals surface area (Å²) < 4.78 is 5.63. The number of aliphatic carboxylic acids is 1. The molecule has 6 heteroatoms. The van der Waals surface area contributed by atoms with Gasteiger partial charge in [-0.05, 0) is 57.1 Å². The van der Waals surface area contributed by atoms with Gasteiger partial charge in [-0.25, -0.2) is 0 Å². The van der Waals surface area contributed by atoms with Gasteiger partial charge in [0.25, 0.3) is 0 Å². The highest BCUT2D eigenvalue weighted by molar-refractivity contribution is 8.00. The fourth-order valence-corrected chi connectivity index (χ4v) is 6.32. The first-order valence-electron chi connectivity index (χ1n) is 10.5. The van der Waals surface area contributed by atoms with Crippen molar-refractivity contribution in [3.63, 3.8) is 0 Å². The van der Waals surface area contributed by atoms with Crippen molar-refractivity contribution in [3.8, 4) is 5.75 Å². The van der Waals surface area contributed by atoms with Crippen molar-refractivity contribution in [2.45, 2.75) is 68.2 Å². The van der Waals surface area contributed by atoms with Gasteiger partial charge < -0.3 is 20.1 Å². The summed E-state index contributed by atoms with van der Waals surface area (Å²) in [6.07, 6.45) is 7.45. The van der Waals surface area contributed by atoms with Crippen LogP contribution >= 0.6 is 11.8 Å². The van der Waals surface area contributed by atoms with Crippen molar-refractivity contribution >= 4 is 17.7 Å². The molecule has 2 aliphatic rings. The molecular weight excluding hydrogens is 388 g/mol. The highest BCUT2D eigenvalue weighted by Crippen LogP contribution is 2.49. The maximum Gasteiger partial charge on any atom is 0.303 e. The smallest absolute Gasteiger partial charge is 0.303 e. The van der Waals surface area contributed by atoms with E-state index in [-0.39, 0.29) is 25.0 Å². The quantitative estimate of drug-likeness (QED) is 0.527. The number of benzene rings is 1. The standard InChI is InChI=1S/C23H32O5S/c1-15-5-8-17(9-6-15)28-14-16(24)7-11-19-20-12-10-18(3-2-4-23(26)27)29-22(20)13-21(19)25/h5-9,11,16,18-22,24-25H,2-4,10,12-14H2,1H3,(H,26,27)/t16-,18+,19-,20-,21-,22+/m1/s1. The molecule has 3 N–H and O–H groups in total. The van der Waals surface area contributed by atoms with E-state index in [0.29, 0.717) is 16.4 Å². The SMILES string of the molecule is Cc1ccc(OC[C@H](O)C=C[C@@H]2[C@H]3CC[C@H](CCCC(=O)O)S[C@H]3C[C@H]2O)cc1. The van der Waals surface area contributed by atoms with E-state index in [1.54, 1.807) is 6.08 Å². The Kier molecular flexibility index (Phi) is 8.04. The summed E-state index contributed by atoms with van der Waals surface area (Å²) in [4.78, 5) is 10.7. The molecule has 160 valence electrons. The van der Waals surface area contributed by atoms with Crippen molar-refractivity contribution in [2.24, 2.45) is 11.8 Å². The Labute approximate surface area is 177 Å². The Morgan fingerprint density at radius 2 is 2.07 bits per heavy atom. The van der Waals surface area contributed by atoms with Gasteiger partial charge in [-0.15, -0.1) is 0 Å². The zero-order valence-corrected chi connectivity index (χ0v) is 17.8. The van der Waals surface area contributed by atoms with Crippen molar-refractivity contribution < 1.29 is 24.9 Å². The number of hydrogen-bond acceptors (Lipinski definition) is 5. The number of aliphatic hydroxyl groups excluding tert-OH is 2. The number of fused-ring (bicyclic) bond motifs is 1. The number of thioether (sulfide) groups is 1. The van der Waals surface area contributed by atoms with Crippen LogP contribution in [-0.4, -0.2) is 50.6 Å². The number of ether oxygens (including phenoxy) is 1. The third-order valence-corrected chi connectivity index (χ3v) is 7.74. The first-order chi connectivity index (χ1) is 13.9. The minimum absolute atomic E-state index is 0.0708. The second-order valence-electron chi connectivity index (χ2n) is 8.28. The molecule has 0 unspecified atom stereocenters. The van der Waals surface area contributed by atoms with Gasteiger partial charge in [0.1, 0.15) is 18.5 Å². The summed E-state index contributed by atoms with van der Waals surface area (Å²) in [5, 5.41) is 30.5. The van der Waals surface area contributed by atoms with Gasteiger partial charge in [-0.3, -0.25) is 4.79 Å². The number of aryl methyl sites for hydroxylation is 1. The molecule has 0 bridgehead atoms. The number of rotatable bonds is 9. The summed E-state index contributed by atoms with van der Waals surface area (Å²) in [5.41, 5.74) is 1.16. The van der Waals surface area contributed by atoms with Crippen LogP contribution in [0.1, 0.15) is 44.1 Å². The monoisotopic (exact) mass is 420 g/mol. The molecule has 2 fully saturated rings. The maximum absolute atomic E-state index is 10.7. The molecule has 1 aromatic carbocycles. The topological polar surface area (TPSA) is 87.0 Å². The van der Waals surface area contributed by atoms with Gasteiger partial charge in [-0.2, -0.15) is 11.8 Å². The Morgan fingerprint density at radius 1 is 1.31 bits per heavy atom. The number of carboxylic acid groups (broad SMARTS) is 1. The molecule has 0 aromatic heterocycles. The molecule has 0 spiro atoms. The van der Waals surface area contributed by atoms with Crippen LogP contribution in [0.4, 0.5) is 0 Å². The average Bonchev–Trinajstić information content (AvgIpc) is 3.00. The van der Waals surface area contributed by atoms with Crippen LogP contribution < -0.4 is 4.74 Å². The first-order valence-corrected chi connectivity index (χ1v) is 11.5. The predicted molar refractivity (Wildman–Crippen MR) is 115 cm³/mol. The molecule has 3 rings (SSSR count). The second-order valence-corrected chi connectivity index (χ2v) is 9.82. The van der Waals surface area contributed by atoms with Crippen LogP contribution in [-0.2, 0) is 4.79 Å². The minimum Gasteiger partial charge on any atom is -0.491 e. The van der Waals surface area contributed by atoms with E-state index in [9.17, 15) is 15.0 Å². The van der Waals surface area contributed by atoms with Gasteiger partial charge in [0, 0.05) is 22.8 Å². The normalized spacial score (nSPS) is 30.2. The van der Waals surface area contributed by atoms with E-state index >= 15 is 0 Å². The van der Waals surface area contributed by atoms with Gasteiger partial charge in [0.05, 0.1) is 6.10 Å². The van der Waals surface area contributed by atoms with Crippen LogP contribution in [0.5, 0.6) is 5.75 Å². The lowest BCUT2D eigenvalue weighted by Gasteiger charge is -2.33. The lowest BCUT2D eigenvalue weighted by Crippen LogP contribution is -2.27. The number of aliphatic hydroxyl groups is 2.